The molecule has 0 amide bonds. The van der Waals surface area contributed by atoms with E-state index in [2.05, 4.69) is 4.98 Å². The zero-order chi connectivity index (χ0) is 20.6. The summed E-state index contributed by atoms with van der Waals surface area (Å²) in [5.41, 5.74) is 1.97. The molecule has 0 radical (unpaired) electrons. The topological polar surface area (TPSA) is 50.2 Å². The zero-order valence-corrected chi connectivity index (χ0v) is 18.3. The number of carbonyl (C=O) groups is 1. The highest BCUT2D eigenvalue weighted by atomic mass is 35.5. The smallest absolute Gasteiger partial charge is 0.307 e. The van der Waals surface area contributed by atoms with E-state index in [0.717, 1.165) is 0 Å². The van der Waals surface area contributed by atoms with Gasteiger partial charge in [-0.3, -0.25) is 9.78 Å². The van der Waals surface area contributed by atoms with Gasteiger partial charge in [-0.15, -0.1) is 0 Å². The first-order valence-corrected chi connectivity index (χ1v) is 9.96. The van der Waals surface area contributed by atoms with Gasteiger partial charge in [0.25, 0.3) is 0 Å². The molecule has 0 unspecified atom stereocenters. The van der Waals surface area contributed by atoms with Crippen molar-refractivity contribution in [1.29, 1.82) is 0 Å². The number of hydrogen-bond donors (Lipinski definition) is 1. The van der Waals surface area contributed by atoms with E-state index in [9.17, 15) is 9.90 Å². The van der Waals surface area contributed by atoms with Crippen molar-refractivity contribution < 1.29 is 9.90 Å². The fourth-order valence-corrected chi connectivity index (χ4v) is 4.16. The molecule has 3 rings (SSSR count). The van der Waals surface area contributed by atoms with E-state index >= 15 is 0 Å². The van der Waals surface area contributed by atoms with Crippen LogP contribution in [0.15, 0.2) is 36.5 Å². The summed E-state index contributed by atoms with van der Waals surface area (Å²) in [5, 5.41) is 11.0. The highest BCUT2D eigenvalue weighted by molar-refractivity contribution is 6.47. The molecule has 1 heterocycles. The van der Waals surface area contributed by atoms with Crippen LogP contribution in [-0.4, -0.2) is 16.1 Å². The predicted octanol–water partition coefficient (Wildman–Crippen LogP) is 7.96. The molecule has 2 aromatic carbocycles. The minimum atomic E-state index is -1.06. The third-order valence-electron chi connectivity index (χ3n) is 3.92. The van der Waals surface area contributed by atoms with Crippen molar-refractivity contribution in [1.82, 2.24) is 4.98 Å². The molecule has 1 aromatic heterocycles. The fraction of sp³-hybridized carbons (Fsp3) is 0.0526. The molecule has 0 fully saturated rings. The van der Waals surface area contributed by atoms with Crippen LogP contribution in [0.25, 0.3) is 22.4 Å². The lowest BCUT2D eigenvalue weighted by Gasteiger charge is -2.15. The molecule has 0 bridgehead atoms. The van der Waals surface area contributed by atoms with Crippen LogP contribution < -0.4 is 0 Å². The van der Waals surface area contributed by atoms with Crippen molar-refractivity contribution in [2.75, 3.05) is 0 Å². The first-order chi connectivity index (χ1) is 13.2. The lowest BCUT2D eigenvalue weighted by atomic mass is 9.98. The summed E-state index contributed by atoms with van der Waals surface area (Å²) in [4.78, 5) is 15.8. The lowest BCUT2D eigenvalue weighted by molar-refractivity contribution is -0.136. The lowest BCUT2D eigenvalue weighted by Crippen LogP contribution is -2.04. The normalized spacial score (nSPS) is 10.9. The maximum atomic E-state index is 11.4. The van der Waals surface area contributed by atoms with E-state index < -0.39 is 5.97 Å². The maximum Gasteiger partial charge on any atom is 0.307 e. The van der Waals surface area contributed by atoms with E-state index in [1.165, 1.54) is 6.20 Å². The summed E-state index contributed by atoms with van der Waals surface area (Å²) < 4.78 is 0. The van der Waals surface area contributed by atoms with Gasteiger partial charge in [0.05, 0.1) is 42.3 Å². The van der Waals surface area contributed by atoms with Crippen LogP contribution >= 0.6 is 69.6 Å². The Kier molecular flexibility index (Phi) is 6.65. The highest BCUT2D eigenvalue weighted by Gasteiger charge is 2.20. The molecule has 0 saturated heterocycles. The first kappa shape index (κ1) is 21.5. The number of benzene rings is 2. The van der Waals surface area contributed by atoms with Crippen LogP contribution in [0, 0.1) is 0 Å². The molecule has 0 spiro atoms. The number of nitrogens with zero attached hydrogens (tertiary/aromatic N) is 1. The molecule has 0 saturated carbocycles. The van der Waals surface area contributed by atoms with Gasteiger partial charge in [0.2, 0.25) is 0 Å². The molecule has 0 aliphatic carbocycles. The second kappa shape index (κ2) is 8.66. The molecule has 0 aliphatic heterocycles. The Hall–Kier alpha value is -1.20. The van der Waals surface area contributed by atoms with Crippen LogP contribution in [0.2, 0.25) is 30.1 Å². The van der Waals surface area contributed by atoms with Crippen molar-refractivity contribution >= 4 is 75.6 Å². The molecule has 0 aliphatic rings. The van der Waals surface area contributed by atoms with Crippen LogP contribution in [0.4, 0.5) is 0 Å². The molecular formula is C19H9Cl6NO2. The van der Waals surface area contributed by atoms with Crippen molar-refractivity contribution in [3.63, 3.8) is 0 Å². The summed E-state index contributed by atoms with van der Waals surface area (Å²) in [5.74, 6) is -1.06. The Morgan fingerprint density at radius 2 is 1.32 bits per heavy atom. The van der Waals surface area contributed by atoms with E-state index in [1.807, 2.05) is 0 Å². The quantitative estimate of drug-likeness (QED) is 0.373. The van der Waals surface area contributed by atoms with E-state index in [-0.39, 0.29) is 21.5 Å². The number of hydrogen-bond acceptors (Lipinski definition) is 2. The molecule has 144 valence electrons. The monoisotopic (exact) mass is 493 g/mol. The first-order valence-electron chi connectivity index (χ1n) is 7.69. The standard InChI is InChI=1S/C19H9Cl6NO2/c20-10-1-3-12(22)17(24)15(10)9-5-8(6-14(27)28)19(26-7-9)16-11(21)2-4-13(23)18(16)25/h1-5,7H,6H2,(H,27,28). The third-order valence-corrected chi connectivity index (χ3v) is 6.16. The van der Waals surface area contributed by atoms with Crippen molar-refractivity contribution in [2.45, 2.75) is 6.42 Å². The molecule has 1 N–H and O–H groups in total. The number of pyridine rings is 1. The predicted molar refractivity (Wildman–Crippen MR) is 117 cm³/mol. The molecule has 9 heteroatoms. The Morgan fingerprint density at radius 3 is 1.89 bits per heavy atom. The molecular weight excluding hydrogens is 487 g/mol. The third kappa shape index (κ3) is 4.20. The van der Waals surface area contributed by atoms with Crippen LogP contribution in [0.5, 0.6) is 0 Å². The average molecular weight is 496 g/mol. The summed E-state index contributed by atoms with van der Waals surface area (Å²) >= 11 is 37.3. The number of carboxylic acids is 1. The largest absolute Gasteiger partial charge is 0.481 e. The number of rotatable bonds is 4. The molecule has 28 heavy (non-hydrogen) atoms. The average Bonchev–Trinajstić information content (AvgIpc) is 2.63. The Bertz CT molecular complexity index is 1100. The Balaban J connectivity index is 2.28. The number of aromatic nitrogens is 1. The second-order valence-corrected chi connectivity index (χ2v) is 8.12. The van der Waals surface area contributed by atoms with Gasteiger partial charge in [0, 0.05) is 22.9 Å². The van der Waals surface area contributed by atoms with Gasteiger partial charge < -0.3 is 5.11 Å². The highest BCUT2D eigenvalue weighted by Crippen LogP contribution is 2.43. The van der Waals surface area contributed by atoms with Crippen molar-refractivity contribution in [3.8, 4) is 22.4 Å². The van der Waals surface area contributed by atoms with Crippen LogP contribution in [0.1, 0.15) is 5.56 Å². The Labute approximate surface area is 190 Å². The number of aliphatic carboxylic acids is 1. The van der Waals surface area contributed by atoms with Crippen molar-refractivity contribution in [2.24, 2.45) is 0 Å². The van der Waals surface area contributed by atoms with Crippen LogP contribution in [0.3, 0.4) is 0 Å². The molecule has 0 atom stereocenters. The van der Waals surface area contributed by atoms with E-state index in [4.69, 9.17) is 69.6 Å². The maximum absolute atomic E-state index is 11.4. The van der Waals surface area contributed by atoms with E-state index in [1.54, 1.807) is 30.3 Å². The van der Waals surface area contributed by atoms with Gasteiger partial charge in [-0.05, 0) is 35.9 Å². The SMILES string of the molecule is O=C(O)Cc1cc(-c2c(Cl)ccc(Cl)c2Cl)cnc1-c1c(Cl)ccc(Cl)c1Cl. The van der Waals surface area contributed by atoms with Gasteiger partial charge in [-0.25, -0.2) is 0 Å². The van der Waals surface area contributed by atoms with Crippen LogP contribution in [-0.2, 0) is 11.2 Å². The minimum absolute atomic E-state index is 0.180. The fourth-order valence-electron chi connectivity index (χ4n) is 2.71. The zero-order valence-electron chi connectivity index (χ0n) is 13.7. The summed E-state index contributed by atoms with van der Waals surface area (Å²) in [7, 11) is 0. The van der Waals surface area contributed by atoms with Gasteiger partial charge in [0.1, 0.15) is 0 Å². The van der Waals surface area contributed by atoms with Gasteiger partial charge in [-0.1, -0.05) is 69.6 Å². The van der Waals surface area contributed by atoms with Gasteiger partial charge >= 0.3 is 5.97 Å². The summed E-state index contributed by atoms with van der Waals surface area (Å²) in [6.45, 7) is 0. The Morgan fingerprint density at radius 1 is 0.821 bits per heavy atom. The van der Waals surface area contributed by atoms with E-state index in [0.29, 0.717) is 43.0 Å². The summed E-state index contributed by atoms with van der Waals surface area (Å²) in [6, 6.07) is 7.90. The van der Waals surface area contributed by atoms with Gasteiger partial charge in [-0.2, -0.15) is 0 Å². The second-order valence-electron chi connectivity index (χ2n) is 5.74. The van der Waals surface area contributed by atoms with Gasteiger partial charge in [0.15, 0.2) is 0 Å². The molecule has 3 nitrogen and oxygen atoms in total. The molecule has 3 aromatic rings. The number of halogens is 6. The summed E-state index contributed by atoms with van der Waals surface area (Å²) in [6.07, 6.45) is 1.17. The minimum Gasteiger partial charge on any atom is -0.481 e. The number of carboxylic acid groups (broad SMARTS) is 1. The van der Waals surface area contributed by atoms with Crippen molar-refractivity contribution in [3.05, 3.63) is 72.2 Å².